The van der Waals surface area contributed by atoms with Crippen LogP contribution in [0.4, 0.5) is 8.78 Å². The molecule has 2 nitrogen and oxygen atoms in total. The zero-order chi connectivity index (χ0) is 12.0. The number of benzene rings is 1. The first-order valence-corrected chi connectivity index (χ1v) is 6.41. The van der Waals surface area contributed by atoms with Crippen molar-refractivity contribution in [3.8, 4) is 0 Å². The Morgan fingerprint density at radius 2 is 1.88 bits per heavy atom. The highest BCUT2D eigenvalue weighted by Crippen LogP contribution is 2.13. The second-order valence-corrected chi connectivity index (χ2v) is 4.98. The molecule has 0 saturated heterocycles. The molecule has 1 aromatic rings. The molecule has 90 valence electrons. The summed E-state index contributed by atoms with van der Waals surface area (Å²) in [6.07, 6.45) is 2.16. The van der Waals surface area contributed by atoms with Crippen LogP contribution in [0.25, 0.3) is 0 Å². The zero-order valence-corrected chi connectivity index (χ0v) is 9.60. The molecule has 1 atom stereocenters. The third-order valence-corrected chi connectivity index (χ3v) is 3.58. The molecule has 0 aliphatic heterocycles. The molecular formula is C11H14F2O2S. The molecule has 1 N–H and O–H groups in total. The summed E-state index contributed by atoms with van der Waals surface area (Å²) < 4.78 is 37.1. The highest BCUT2D eigenvalue weighted by atomic mass is 32.2. The molecule has 0 aliphatic carbocycles. The Hall–Kier alpha value is -0.810. The van der Waals surface area contributed by atoms with E-state index in [1.54, 1.807) is 0 Å². The van der Waals surface area contributed by atoms with Crippen LogP contribution in [-0.2, 0) is 10.8 Å². The van der Waals surface area contributed by atoms with E-state index >= 15 is 0 Å². The molecule has 0 spiro atoms. The van der Waals surface area contributed by atoms with E-state index in [4.69, 9.17) is 5.11 Å². The lowest BCUT2D eigenvalue weighted by atomic mass is 10.3. The van der Waals surface area contributed by atoms with Crippen LogP contribution in [0.5, 0.6) is 0 Å². The summed E-state index contributed by atoms with van der Waals surface area (Å²) in [6, 6.07) is 3.29. The van der Waals surface area contributed by atoms with Gasteiger partial charge in [0.2, 0.25) is 0 Å². The van der Waals surface area contributed by atoms with Gasteiger partial charge < -0.3 is 5.11 Å². The number of aliphatic hydroxyl groups is 1. The molecule has 0 aliphatic rings. The fourth-order valence-electron chi connectivity index (χ4n) is 1.26. The van der Waals surface area contributed by atoms with E-state index in [-0.39, 0.29) is 6.61 Å². The molecule has 1 aromatic carbocycles. The van der Waals surface area contributed by atoms with Gasteiger partial charge in [-0.1, -0.05) is 6.42 Å². The largest absolute Gasteiger partial charge is 0.396 e. The zero-order valence-electron chi connectivity index (χ0n) is 8.79. The summed E-state index contributed by atoms with van der Waals surface area (Å²) in [5, 5.41) is 8.55. The van der Waals surface area contributed by atoms with Crippen LogP contribution in [-0.4, -0.2) is 21.7 Å². The summed E-state index contributed by atoms with van der Waals surface area (Å²) >= 11 is 0. The Balaban J connectivity index is 2.50. The molecule has 0 saturated carbocycles. The third-order valence-electron chi connectivity index (χ3n) is 2.14. The van der Waals surface area contributed by atoms with Crippen molar-refractivity contribution in [2.45, 2.75) is 24.2 Å². The van der Waals surface area contributed by atoms with Gasteiger partial charge in [0.25, 0.3) is 0 Å². The van der Waals surface area contributed by atoms with Gasteiger partial charge in [0.15, 0.2) is 11.6 Å². The maximum Gasteiger partial charge on any atom is 0.160 e. The normalized spacial score (nSPS) is 12.7. The first kappa shape index (κ1) is 13.3. The molecule has 16 heavy (non-hydrogen) atoms. The maximum absolute atomic E-state index is 12.8. The van der Waals surface area contributed by atoms with Crippen molar-refractivity contribution >= 4 is 10.8 Å². The highest BCUT2D eigenvalue weighted by Gasteiger charge is 2.07. The third kappa shape index (κ3) is 3.98. The van der Waals surface area contributed by atoms with Gasteiger partial charge in [0.05, 0.1) is 10.8 Å². The van der Waals surface area contributed by atoms with Gasteiger partial charge in [-0.25, -0.2) is 8.78 Å². The molecule has 0 amide bonds. The van der Waals surface area contributed by atoms with Crippen molar-refractivity contribution in [2.24, 2.45) is 0 Å². The molecule has 0 bridgehead atoms. The number of unbranched alkanes of at least 4 members (excludes halogenated alkanes) is 2. The van der Waals surface area contributed by atoms with Gasteiger partial charge in [0.1, 0.15) is 0 Å². The van der Waals surface area contributed by atoms with E-state index < -0.39 is 22.4 Å². The Morgan fingerprint density at radius 1 is 1.12 bits per heavy atom. The molecule has 0 aromatic heterocycles. The highest BCUT2D eigenvalue weighted by molar-refractivity contribution is 7.85. The molecular weight excluding hydrogens is 234 g/mol. The average molecular weight is 248 g/mol. The molecule has 5 heteroatoms. The molecule has 1 rings (SSSR count). The summed E-state index contributed by atoms with van der Waals surface area (Å²) in [6.45, 7) is 0.123. The van der Waals surface area contributed by atoms with Crippen LogP contribution in [0, 0.1) is 11.6 Å². The lowest BCUT2D eigenvalue weighted by Crippen LogP contribution is -2.00. The lowest BCUT2D eigenvalue weighted by Gasteiger charge is -2.02. The average Bonchev–Trinajstić information content (AvgIpc) is 2.28. The quantitative estimate of drug-likeness (QED) is 0.784. The smallest absolute Gasteiger partial charge is 0.160 e. The Morgan fingerprint density at radius 3 is 2.50 bits per heavy atom. The Labute approximate surface area is 95.8 Å². The van der Waals surface area contributed by atoms with Crippen LogP contribution in [0.15, 0.2) is 23.1 Å². The van der Waals surface area contributed by atoms with Gasteiger partial charge in [-0.3, -0.25) is 4.21 Å². The van der Waals surface area contributed by atoms with Crippen molar-refractivity contribution in [1.82, 2.24) is 0 Å². The minimum atomic E-state index is -1.29. The van der Waals surface area contributed by atoms with Crippen LogP contribution in [0.3, 0.4) is 0 Å². The predicted octanol–water partition coefficient (Wildman–Crippen LogP) is 2.24. The van der Waals surface area contributed by atoms with E-state index in [1.165, 1.54) is 6.07 Å². The van der Waals surface area contributed by atoms with E-state index in [2.05, 4.69) is 0 Å². The van der Waals surface area contributed by atoms with Gasteiger partial charge in [-0.05, 0) is 31.0 Å². The second kappa shape index (κ2) is 6.70. The minimum Gasteiger partial charge on any atom is -0.396 e. The summed E-state index contributed by atoms with van der Waals surface area (Å²) in [5.41, 5.74) is 0. The molecule has 0 heterocycles. The molecule has 0 radical (unpaired) electrons. The number of aliphatic hydroxyl groups excluding tert-OH is 1. The lowest BCUT2D eigenvalue weighted by molar-refractivity contribution is 0.284. The fourth-order valence-corrected chi connectivity index (χ4v) is 2.41. The SMILES string of the molecule is O=S(CCCCCO)c1ccc(F)c(F)c1. The first-order chi connectivity index (χ1) is 7.65. The van der Waals surface area contributed by atoms with Crippen LogP contribution >= 0.6 is 0 Å². The Bertz CT molecular complexity index is 369. The molecule has 1 unspecified atom stereocenters. The monoisotopic (exact) mass is 248 g/mol. The van der Waals surface area contributed by atoms with Crippen molar-refractivity contribution in [3.05, 3.63) is 29.8 Å². The second-order valence-electron chi connectivity index (χ2n) is 3.41. The van der Waals surface area contributed by atoms with E-state index in [0.29, 0.717) is 23.5 Å². The van der Waals surface area contributed by atoms with Crippen molar-refractivity contribution in [3.63, 3.8) is 0 Å². The Kier molecular flexibility index (Phi) is 5.55. The van der Waals surface area contributed by atoms with Crippen molar-refractivity contribution in [2.75, 3.05) is 12.4 Å². The fraction of sp³-hybridized carbons (Fsp3) is 0.455. The van der Waals surface area contributed by atoms with Crippen LogP contribution in [0.1, 0.15) is 19.3 Å². The van der Waals surface area contributed by atoms with E-state index in [0.717, 1.165) is 18.6 Å². The van der Waals surface area contributed by atoms with Gasteiger partial charge >= 0.3 is 0 Å². The first-order valence-electron chi connectivity index (χ1n) is 5.09. The number of hydrogen-bond acceptors (Lipinski definition) is 2. The van der Waals surface area contributed by atoms with Crippen LogP contribution < -0.4 is 0 Å². The standard InChI is InChI=1S/C11H14F2O2S/c12-10-5-4-9(8-11(10)13)16(15)7-3-1-2-6-14/h4-5,8,14H,1-3,6-7H2. The minimum absolute atomic E-state index is 0.123. The van der Waals surface area contributed by atoms with Gasteiger partial charge in [-0.2, -0.15) is 0 Å². The summed E-state index contributed by atoms with van der Waals surface area (Å²) in [4.78, 5) is 0.308. The van der Waals surface area contributed by atoms with Crippen molar-refractivity contribution in [1.29, 1.82) is 0 Å². The summed E-state index contributed by atoms with van der Waals surface area (Å²) in [5.74, 6) is -1.49. The number of halogens is 2. The van der Waals surface area contributed by atoms with E-state index in [9.17, 15) is 13.0 Å². The summed E-state index contributed by atoms with van der Waals surface area (Å²) in [7, 11) is -1.29. The van der Waals surface area contributed by atoms with Crippen LogP contribution in [0.2, 0.25) is 0 Å². The van der Waals surface area contributed by atoms with Gasteiger partial charge in [0, 0.05) is 17.3 Å². The predicted molar refractivity (Wildman–Crippen MR) is 58.6 cm³/mol. The molecule has 0 fully saturated rings. The van der Waals surface area contributed by atoms with Gasteiger partial charge in [-0.15, -0.1) is 0 Å². The number of rotatable bonds is 6. The maximum atomic E-state index is 12.8. The topological polar surface area (TPSA) is 37.3 Å². The van der Waals surface area contributed by atoms with E-state index in [1.807, 2.05) is 0 Å². The van der Waals surface area contributed by atoms with Crippen molar-refractivity contribution < 1.29 is 18.1 Å². The number of hydrogen-bond donors (Lipinski definition) is 1.